The van der Waals surface area contributed by atoms with E-state index in [9.17, 15) is 9.59 Å². The average Bonchev–Trinajstić information content (AvgIpc) is 2.70. The number of esters is 2. The van der Waals surface area contributed by atoms with Gasteiger partial charge in [0.25, 0.3) is 0 Å². The number of carbonyl (C=O) groups excluding carboxylic acids is 2. The van der Waals surface area contributed by atoms with E-state index >= 15 is 0 Å². The maximum absolute atomic E-state index is 11.7. The molecule has 0 radical (unpaired) electrons. The molecule has 3 heteroatoms. The summed E-state index contributed by atoms with van der Waals surface area (Å²) in [5.41, 5.74) is 0. The monoisotopic (exact) mass is 424 g/mol. The second kappa shape index (κ2) is 22.8. The summed E-state index contributed by atoms with van der Waals surface area (Å²) in [5.74, 6) is 0.0378. The summed E-state index contributed by atoms with van der Waals surface area (Å²) < 4.78 is 4.92. The van der Waals surface area contributed by atoms with E-state index in [0.29, 0.717) is 18.8 Å². The Labute approximate surface area is 188 Å². The van der Waals surface area contributed by atoms with Crippen molar-refractivity contribution in [1.82, 2.24) is 0 Å². The van der Waals surface area contributed by atoms with E-state index in [0.717, 1.165) is 32.1 Å². The van der Waals surface area contributed by atoms with Crippen LogP contribution in [0.4, 0.5) is 0 Å². The fraction of sp³-hybridized carbons (Fsp3) is 0.926. The highest BCUT2D eigenvalue weighted by molar-refractivity contribution is 5.85. The van der Waals surface area contributed by atoms with Gasteiger partial charge in [0.2, 0.25) is 0 Å². The summed E-state index contributed by atoms with van der Waals surface area (Å²) in [7, 11) is 0. The third kappa shape index (κ3) is 23.4. The van der Waals surface area contributed by atoms with Gasteiger partial charge in [-0.3, -0.25) is 9.59 Å². The van der Waals surface area contributed by atoms with Crippen LogP contribution in [-0.2, 0) is 14.3 Å². The van der Waals surface area contributed by atoms with Gasteiger partial charge in [-0.2, -0.15) is 0 Å². The van der Waals surface area contributed by atoms with E-state index in [2.05, 4.69) is 20.8 Å². The van der Waals surface area contributed by atoms with Crippen molar-refractivity contribution in [3.05, 3.63) is 0 Å². The van der Waals surface area contributed by atoms with Gasteiger partial charge in [0, 0.05) is 12.8 Å². The molecule has 0 N–H and O–H groups in total. The van der Waals surface area contributed by atoms with Crippen molar-refractivity contribution >= 4 is 11.9 Å². The van der Waals surface area contributed by atoms with Crippen molar-refractivity contribution in [2.75, 3.05) is 0 Å². The second-order valence-corrected chi connectivity index (χ2v) is 9.54. The molecule has 3 nitrogen and oxygen atoms in total. The van der Waals surface area contributed by atoms with Crippen LogP contribution in [0.25, 0.3) is 0 Å². The Morgan fingerprint density at radius 2 is 0.867 bits per heavy atom. The first-order chi connectivity index (χ1) is 14.6. The second-order valence-electron chi connectivity index (χ2n) is 9.54. The van der Waals surface area contributed by atoms with Crippen molar-refractivity contribution in [2.45, 2.75) is 156 Å². The lowest BCUT2D eigenvalue weighted by Gasteiger charge is -2.05. The highest BCUT2D eigenvalue weighted by Gasteiger charge is 2.10. The quantitative estimate of drug-likeness (QED) is 0.0989. The van der Waals surface area contributed by atoms with Gasteiger partial charge in [-0.25, -0.2) is 0 Å². The summed E-state index contributed by atoms with van der Waals surface area (Å²) in [6.45, 7) is 6.70. The van der Waals surface area contributed by atoms with Crippen LogP contribution in [0.15, 0.2) is 0 Å². The number of ether oxygens (including phenoxy) is 1. The normalized spacial score (nSPS) is 11.2. The van der Waals surface area contributed by atoms with Crippen molar-refractivity contribution < 1.29 is 14.3 Å². The molecule has 178 valence electrons. The Morgan fingerprint density at radius 1 is 0.533 bits per heavy atom. The third-order valence-electron chi connectivity index (χ3n) is 5.87. The van der Waals surface area contributed by atoms with Crippen LogP contribution in [0.2, 0.25) is 0 Å². The molecule has 0 unspecified atom stereocenters. The van der Waals surface area contributed by atoms with Crippen LogP contribution in [0, 0.1) is 5.92 Å². The fourth-order valence-electron chi connectivity index (χ4n) is 3.87. The Hall–Kier alpha value is -0.860. The molecule has 0 fully saturated rings. The number of hydrogen-bond donors (Lipinski definition) is 0. The summed E-state index contributed by atoms with van der Waals surface area (Å²) in [5, 5.41) is 0. The fourth-order valence-corrected chi connectivity index (χ4v) is 3.87. The molecular weight excluding hydrogens is 372 g/mol. The van der Waals surface area contributed by atoms with Crippen LogP contribution < -0.4 is 0 Å². The van der Waals surface area contributed by atoms with Crippen LogP contribution in [0.3, 0.4) is 0 Å². The molecule has 0 aromatic heterocycles. The minimum absolute atomic E-state index is 0.336. The average molecular weight is 425 g/mol. The topological polar surface area (TPSA) is 43.4 Å². The van der Waals surface area contributed by atoms with Gasteiger partial charge in [0.1, 0.15) is 0 Å². The molecule has 0 aliphatic rings. The maximum atomic E-state index is 11.7. The largest absolute Gasteiger partial charge is 0.393 e. The van der Waals surface area contributed by atoms with E-state index < -0.39 is 0 Å². The molecular formula is C27H52O3. The van der Waals surface area contributed by atoms with Gasteiger partial charge in [0.05, 0.1) is 0 Å². The summed E-state index contributed by atoms with van der Waals surface area (Å²) >= 11 is 0. The van der Waals surface area contributed by atoms with Crippen molar-refractivity contribution in [2.24, 2.45) is 5.92 Å². The minimum Gasteiger partial charge on any atom is -0.393 e. The highest BCUT2D eigenvalue weighted by Crippen LogP contribution is 2.14. The van der Waals surface area contributed by atoms with Gasteiger partial charge in [-0.1, -0.05) is 130 Å². The molecule has 0 atom stereocenters. The molecule has 0 rings (SSSR count). The van der Waals surface area contributed by atoms with Gasteiger partial charge < -0.3 is 4.74 Å². The zero-order chi connectivity index (χ0) is 22.3. The number of hydrogen-bond acceptors (Lipinski definition) is 3. The molecule has 0 saturated heterocycles. The molecule has 0 aliphatic carbocycles. The van der Waals surface area contributed by atoms with E-state index in [1.807, 2.05) is 0 Å². The minimum atomic E-state index is -0.342. The molecule has 0 spiro atoms. The molecule has 0 aliphatic heterocycles. The first-order valence-electron chi connectivity index (χ1n) is 13.3. The smallest absolute Gasteiger partial charge is 0.313 e. The van der Waals surface area contributed by atoms with Crippen molar-refractivity contribution in [3.63, 3.8) is 0 Å². The SMILES string of the molecule is CCCCCCCCCCCCCCCCCC(=O)OC(=O)CCCCCC(C)C. The Kier molecular flexibility index (Phi) is 22.2. The van der Waals surface area contributed by atoms with Crippen LogP contribution >= 0.6 is 0 Å². The molecule has 0 heterocycles. The predicted molar refractivity (Wildman–Crippen MR) is 129 cm³/mol. The maximum Gasteiger partial charge on any atom is 0.313 e. The summed E-state index contributed by atoms with van der Waals surface area (Å²) in [6, 6.07) is 0. The Balaban J connectivity index is 3.28. The van der Waals surface area contributed by atoms with Gasteiger partial charge in [-0.05, 0) is 18.8 Å². The predicted octanol–water partition coefficient (Wildman–Crippen LogP) is 8.92. The number of unbranched alkanes of at least 4 members (excludes halogenated alkanes) is 16. The number of rotatable bonds is 22. The molecule has 0 aromatic rings. The van der Waals surface area contributed by atoms with Crippen LogP contribution in [0.1, 0.15) is 156 Å². The summed E-state index contributed by atoms with van der Waals surface area (Å²) in [4.78, 5) is 23.4. The molecule has 0 saturated carbocycles. The third-order valence-corrected chi connectivity index (χ3v) is 5.87. The number of carbonyl (C=O) groups is 2. The lowest BCUT2D eigenvalue weighted by atomic mass is 10.0. The summed E-state index contributed by atoms with van der Waals surface area (Å²) in [6.07, 6.45) is 24.6. The standard InChI is InChI=1S/C27H52O3/c1-4-5-6-7-8-9-10-11-12-13-14-15-16-17-20-23-26(28)30-27(29)24-21-18-19-22-25(2)3/h25H,4-24H2,1-3H3. The lowest BCUT2D eigenvalue weighted by molar-refractivity contribution is -0.159. The van der Waals surface area contributed by atoms with E-state index in [4.69, 9.17) is 4.74 Å². The Bertz CT molecular complexity index is 390. The van der Waals surface area contributed by atoms with Gasteiger partial charge in [-0.15, -0.1) is 0 Å². The van der Waals surface area contributed by atoms with E-state index in [1.54, 1.807) is 0 Å². The van der Waals surface area contributed by atoms with E-state index in [1.165, 1.54) is 89.9 Å². The molecule has 30 heavy (non-hydrogen) atoms. The van der Waals surface area contributed by atoms with E-state index in [-0.39, 0.29) is 11.9 Å². The van der Waals surface area contributed by atoms with Crippen LogP contribution in [0.5, 0.6) is 0 Å². The first-order valence-corrected chi connectivity index (χ1v) is 13.3. The van der Waals surface area contributed by atoms with Crippen LogP contribution in [-0.4, -0.2) is 11.9 Å². The molecule has 0 bridgehead atoms. The zero-order valence-corrected chi connectivity index (χ0v) is 20.7. The highest BCUT2D eigenvalue weighted by atomic mass is 16.6. The van der Waals surface area contributed by atoms with Gasteiger partial charge in [0.15, 0.2) is 0 Å². The van der Waals surface area contributed by atoms with Crippen molar-refractivity contribution in [3.8, 4) is 0 Å². The van der Waals surface area contributed by atoms with Crippen molar-refractivity contribution in [1.29, 1.82) is 0 Å². The molecule has 0 aromatic carbocycles. The lowest BCUT2D eigenvalue weighted by Crippen LogP contribution is -2.11. The zero-order valence-electron chi connectivity index (χ0n) is 20.7. The molecule has 0 amide bonds. The van der Waals surface area contributed by atoms with Gasteiger partial charge >= 0.3 is 11.9 Å². The first kappa shape index (κ1) is 29.1. The Morgan fingerprint density at radius 3 is 1.23 bits per heavy atom.